The van der Waals surface area contributed by atoms with Gasteiger partial charge in [0.05, 0.1) is 5.69 Å². The van der Waals surface area contributed by atoms with Crippen LogP contribution in [0.3, 0.4) is 0 Å². The summed E-state index contributed by atoms with van der Waals surface area (Å²) in [4.78, 5) is 41.8. The van der Waals surface area contributed by atoms with Crippen molar-refractivity contribution in [2.24, 2.45) is 0 Å². The lowest BCUT2D eigenvalue weighted by Crippen LogP contribution is -2.52. The Labute approximate surface area is 159 Å². The van der Waals surface area contributed by atoms with E-state index in [2.05, 4.69) is 10.3 Å². The highest BCUT2D eigenvalue weighted by molar-refractivity contribution is 6.05. The molecule has 144 valence electrons. The van der Waals surface area contributed by atoms with Crippen LogP contribution in [0.25, 0.3) is 11.3 Å². The molecule has 1 aromatic heterocycles. The minimum atomic E-state index is -2.58. The second kappa shape index (κ2) is 6.78. The molecule has 3 amide bonds. The van der Waals surface area contributed by atoms with Crippen LogP contribution in [0.4, 0.5) is 8.78 Å². The van der Waals surface area contributed by atoms with Gasteiger partial charge in [0.15, 0.2) is 0 Å². The molecule has 0 radical (unpaired) electrons. The van der Waals surface area contributed by atoms with Gasteiger partial charge in [-0.05, 0) is 42.7 Å². The third kappa shape index (κ3) is 3.04. The summed E-state index contributed by atoms with van der Waals surface area (Å²) in [6, 6.07) is 5.92. The molecule has 1 saturated heterocycles. The molecule has 0 saturated carbocycles. The highest BCUT2D eigenvalue weighted by Crippen LogP contribution is 2.32. The molecule has 1 aromatic carbocycles. The highest BCUT2D eigenvalue weighted by atomic mass is 19.3. The van der Waals surface area contributed by atoms with Crippen LogP contribution in [0.15, 0.2) is 30.5 Å². The summed E-state index contributed by atoms with van der Waals surface area (Å²) in [5.74, 6) is -1.05. The van der Waals surface area contributed by atoms with Crippen LogP contribution in [0.1, 0.15) is 46.3 Å². The summed E-state index contributed by atoms with van der Waals surface area (Å²) in [7, 11) is 0. The Hall–Kier alpha value is -3.16. The van der Waals surface area contributed by atoms with Crippen molar-refractivity contribution in [3.63, 3.8) is 0 Å². The second-order valence-electron chi connectivity index (χ2n) is 7.01. The minimum absolute atomic E-state index is 0.137. The van der Waals surface area contributed by atoms with Crippen LogP contribution in [0.5, 0.6) is 0 Å². The van der Waals surface area contributed by atoms with Crippen molar-refractivity contribution < 1.29 is 23.2 Å². The average molecular weight is 385 g/mol. The number of nitrogens with one attached hydrogen (secondary N) is 1. The Bertz CT molecular complexity index is 1010. The van der Waals surface area contributed by atoms with Crippen LogP contribution >= 0.6 is 0 Å². The number of carbonyl (C=O) groups is 3. The highest BCUT2D eigenvalue weighted by Gasteiger charge is 2.39. The summed E-state index contributed by atoms with van der Waals surface area (Å²) in [5.41, 5.74) is 3.00. The van der Waals surface area contributed by atoms with Gasteiger partial charge in [-0.15, -0.1) is 0 Å². The zero-order valence-corrected chi connectivity index (χ0v) is 15.0. The SMILES string of the molecule is Cc1cc(C(F)F)cnc1-c1ccc2c(c1)CN(C1CCC(=O)NC1=O)C2=O. The van der Waals surface area contributed by atoms with Gasteiger partial charge in [0.2, 0.25) is 11.8 Å². The predicted molar refractivity (Wildman–Crippen MR) is 95.4 cm³/mol. The number of aromatic nitrogens is 1. The van der Waals surface area contributed by atoms with Crippen LogP contribution in [-0.4, -0.2) is 33.6 Å². The van der Waals surface area contributed by atoms with Crippen molar-refractivity contribution in [1.29, 1.82) is 0 Å². The number of rotatable bonds is 3. The van der Waals surface area contributed by atoms with Gasteiger partial charge in [-0.1, -0.05) is 6.07 Å². The third-order valence-corrected chi connectivity index (χ3v) is 5.15. The van der Waals surface area contributed by atoms with Crippen LogP contribution in [0.2, 0.25) is 0 Å². The molecule has 2 aliphatic heterocycles. The molecule has 1 atom stereocenters. The van der Waals surface area contributed by atoms with E-state index in [-0.39, 0.29) is 30.3 Å². The summed E-state index contributed by atoms with van der Waals surface area (Å²) < 4.78 is 25.7. The molecule has 6 nitrogen and oxygen atoms in total. The van der Waals surface area contributed by atoms with E-state index in [4.69, 9.17) is 0 Å². The number of hydrogen-bond acceptors (Lipinski definition) is 4. The van der Waals surface area contributed by atoms with Gasteiger partial charge in [0.25, 0.3) is 12.3 Å². The number of carbonyl (C=O) groups excluding carboxylic acids is 3. The third-order valence-electron chi connectivity index (χ3n) is 5.15. The number of pyridine rings is 1. The number of benzene rings is 1. The van der Waals surface area contributed by atoms with Gasteiger partial charge in [-0.3, -0.25) is 24.7 Å². The van der Waals surface area contributed by atoms with E-state index in [0.717, 1.165) is 17.3 Å². The van der Waals surface area contributed by atoms with Crippen molar-refractivity contribution in [1.82, 2.24) is 15.2 Å². The Balaban J connectivity index is 1.63. The van der Waals surface area contributed by atoms with E-state index >= 15 is 0 Å². The van der Waals surface area contributed by atoms with Crippen LogP contribution in [0, 0.1) is 6.92 Å². The first-order valence-corrected chi connectivity index (χ1v) is 8.88. The minimum Gasteiger partial charge on any atom is -0.322 e. The first kappa shape index (κ1) is 18.2. The molecular formula is C20H17F2N3O3. The fourth-order valence-electron chi connectivity index (χ4n) is 3.74. The maximum atomic E-state index is 12.8. The maximum Gasteiger partial charge on any atom is 0.265 e. The topological polar surface area (TPSA) is 79.4 Å². The fourth-order valence-corrected chi connectivity index (χ4v) is 3.74. The normalized spacial score (nSPS) is 19.2. The Morgan fingerprint density at radius 3 is 2.68 bits per heavy atom. The van der Waals surface area contributed by atoms with Crippen molar-refractivity contribution >= 4 is 17.7 Å². The molecule has 4 rings (SSSR count). The van der Waals surface area contributed by atoms with Crippen molar-refractivity contribution in [2.45, 2.75) is 38.8 Å². The Kier molecular flexibility index (Phi) is 4.41. The molecule has 28 heavy (non-hydrogen) atoms. The van der Waals surface area contributed by atoms with Gasteiger partial charge in [0, 0.05) is 35.9 Å². The summed E-state index contributed by atoms with van der Waals surface area (Å²) in [6.07, 6.45) is -0.935. The molecule has 8 heteroatoms. The van der Waals surface area contributed by atoms with Crippen molar-refractivity contribution in [2.75, 3.05) is 0 Å². The number of amides is 3. The van der Waals surface area contributed by atoms with Crippen molar-refractivity contribution in [3.8, 4) is 11.3 Å². The standard InChI is InChI=1S/C20H17F2N3O3/c1-10-6-12(18(21)22)8-23-17(10)11-2-3-14-13(7-11)9-25(20(14)28)15-4-5-16(26)24-19(15)27/h2-3,6-8,15,18H,4-5,9H2,1H3,(H,24,26,27). The van der Waals surface area contributed by atoms with Crippen LogP contribution in [-0.2, 0) is 16.1 Å². The van der Waals surface area contributed by atoms with Crippen molar-refractivity contribution in [3.05, 3.63) is 52.7 Å². The monoisotopic (exact) mass is 385 g/mol. The number of alkyl halides is 2. The van der Waals surface area contributed by atoms with E-state index in [9.17, 15) is 23.2 Å². The molecular weight excluding hydrogens is 368 g/mol. The van der Waals surface area contributed by atoms with E-state index in [1.807, 2.05) is 0 Å². The zero-order chi connectivity index (χ0) is 20.0. The van der Waals surface area contributed by atoms with E-state index in [1.165, 1.54) is 11.0 Å². The lowest BCUT2D eigenvalue weighted by molar-refractivity contribution is -0.136. The van der Waals surface area contributed by atoms with E-state index < -0.39 is 18.4 Å². The first-order chi connectivity index (χ1) is 13.3. The number of halogens is 2. The zero-order valence-electron chi connectivity index (χ0n) is 15.0. The number of aryl methyl sites for hydroxylation is 1. The predicted octanol–water partition coefficient (Wildman–Crippen LogP) is 2.76. The quantitative estimate of drug-likeness (QED) is 0.824. The Morgan fingerprint density at radius 2 is 2.00 bits per heavy atom. The summed E-state index contributed by atoms with van der Waals surface area (Å²) >= 11 is 0. The number of imide groups is 1. The lowest BCUT2D eigenvalue weighted by atomic mass is 10.0. The largest absolute Gasteiger partial charge is 0.322 e. The first-order valence-electron chi connectivity index (χ1n) is 8.88. The van der Waals surface area contributed by atoms with E-state index in [1.54, 1.807) is 25.1 Å². The molecule has 3 heterocycles. The molecule has 2 aromatic rings. The number of nitrogens with zero attached hydrogens (tertiary/aromatic N) is 2. The Morgan fingerprint density at radius 1 is 1.21 bits per heavy atom. The van der Waals surface area contributed by atoms with Gasteiger partial charge < -0.3 is 4.90 Å². The second-order valence-corrected chi connectivity index (χ2v) is 7.01. The van der Waals surface area contributed by atoms with Gasteiger partial charge in [-0.2, -0.15) is 0 Å². The molecule has 1 N–H and O–H groups in total. The molecule has 1 unspecified atom stereocenters. The lowest BCUT2D eigenvalue weighted by Gasteiger charge is -2.29. The number of piperidine rings is 1. The smallest absolute Gasteiger partial charge is 0.265 e. The summed E-state index contributed by atoms with van der Waals surface area (Å²) in [6.45, 7) is 1.96. The maximum absolute atomic E-state index is 12.8. The van der Waals surface area contributed by atoms with Gasteiger partial charge in [-0.25, -0.2) is 8.78 Å². The molecule has 0 bridgehead atoms. The number of fused-ring (bicyclic) bond motifs is 1. The van der Waals surface area contributed by atoms with Gasteiger partial charge in [0.1, 0.15) is 6.04 Å². The molecule has 1 fully saturated rings. The average Bonchev–Trinajstić information content (AvgIpc) is 2.97. The molecule has 0 aliphatic carbocycles. The molecule has 2 aliphatic rings. The fraction of sp³-hybridized carbons (Fsp3) is 0.300. The van der Waals surface area contributed by atoms with Gasteiger partial charge >= 0.3 is 0 Å². The summed E-state index contributed by atoms with van der Waals surface area (Å²) in [5, 5.41) is 2.27. The van der Waals surface area contributed by atoms with Crippen LogP contribution < -0.4 is 5.32 Å². The molecule has 0 spiro atoms. The van der Waals surface area contributed by atoms with E-state index in [0.29, 0.717) is 23.2 Å². The number of hydrogen-bond donors (Lipinski definition) is 1.